The maximum absolute atomic E-state index is 12.8. The van der Waals surface area contributed by atoms with Gasteiger partial charge in [-0.1, -0.05) is 6.92 Å². The van der Waals surface area contributed by atoms with Gasteiger partial charge in [0.15, 0.2) is 11.9 Å². The molecule has 170 valence electrons. The molecule has 0 aliphatic heterocycles. The Labute approximate surface area is 188 Å². The van der Waals surface area contributed by atoms with Crippen molar-refractivity contribution in [3.8, 4) is 5.75 Å². The zero-order chi connectivity index (χ0) is 23.2. The third-order valence-corrected chi connectivity index (χ3v) is 7.64. The first-order chi connectivity index (χ1) is 15.1. The summed E-state index contributed by atoms with van der Waals surface area (Å²) in [5, 5.41) is 5.82. The van der Waals surface area contributed by atoms with E-state index in [9.17, 15) is 18.0 Å². The molecule has 0 saturated heterocycles. The molecule has 2 atom stereocenters. The van der Waals surface area contributed by atoms with E-state index in [0.29, 0.717) is 16.1 Å². The molecule has 0 bridgehead atoms. The highest BCUT2D eigenvalue weighted by Crippen LogP contribution is 2.36. The van der Waals surface area contributed by atoms with Gasteiger partial charge in [0.1, 0.15) is 15.5 Å². The molecule has 0 amide bonds. The Morgan fingerprint density at radius 3 is 2.81 bits per heavy atom. The van der Waals surface area contributed by atoms with Crippen molar-refractivity contribution in [3.05, 3.63) is 50.4 Å². The molecular weight excluding hydrogens is 454 g/mol. The Kier molecular flexibility index (Phi) is 5.82. The van der Waals surface area contributed by atoms with Crippen molar-refractivity contribution in [1.29, 1.82) is 0 Å². The molecule has 1 aliphatic carbocycles. The van der Waals surface area contributed by atoms with Gasteiger partial charge in [-0.25, -0.2) is 23.3 Å². The van der Waals surface area contributed by atoms with E-state index in [1.54, 1.807) is 6.92 Å². The van der Waals surface area contributed by atoms with Gasteiger partial charge in [-0.2, -0.15) is 0 Å². The number of aromatic nitrogens is 2. The molecular formula is C21H23N3O6S2. The van der Waals surface area contributed by atoms with Crippen LogP contribution in [0.1, 0.15) is 53.0 Å². The third-order valence-electron chi connectivity index (χ3n) is 5.56. The minimum atomic E-state index is -4.11. The summed E-state index contributed by atoms with van der Waals surface area (Å²) in [6.45, 7) is 3.78. The zero-order valence-corrected chi connectivity index (χ0v) is 19.4. The van der Waals surface area contributed by atoms with Crippen LogP contribution in [0.15, 0.2) is 27.9 Å². The largest absolute Gasteiger partial charge is 0.495 e. The van der Waals surface area contributed by atoms with Gasteiger partial charge in [0.25, 0.3) is 5.56 Å². The molecule has 32 heavy (non-hydrogen) atoms. The van der Waals surface area contributed by atoms with Crippen LogP contribution in [0, 0.1) is 5.92 Å². The number of nitrogens with one attached hydrogen (secondary N) is 1. The summed E-state index contributed by atoms with van der Waals surface area (Å²) in [6.07, 6.45) is 1.96. The Morgan fingerprint density at radius 2 is 2.12 bits per heavy atom. The number of fused-ring (bicyclic) bond motifs is 3. The van der Waals surface area contributed by atoms with Crippen LogP contribution in [0.2, 0.25) is 0 Å². The van der Waals surface area contributed by atoms with Gasteiger partial charge in [-0.05, 0) is 55.9 Å². The lowest BCUT2D eigenvalue weighted by molar-refractivity contribution is 0.0319. The number of carbonyl (C=O) groups is 1. The van der Waals surface area contributed by atoms with E-state index in [4.69, 9.17) is 14.6 Å². The van der Waals surface area contributed by atoms with Gasteiger partial charge >= 0.3 is 5.97 Å². The van der Waals surface area contributed by atoms with Crippen LogP contribution in [0.5, 0.6) is 5.75 Å². The number of nitrogens with two attached hydrogens (primary N) is 1. The number of H-pyrrole nitrogens is 1. The highest BCUT2D eigenvalue weighted by molar-refractivity contribution is 7.89. The van der Waals surface area contributed by atoms with E-state index in [2.05, 4.69) is 16.9 Å². The van der Waals surface area contributed by atoms with Gasteiger partial charge in [0.2, 0.25) is 10.0 Å². The summed E-state index contributed by atoms with van der Waals surface area (Å²) >= 11 is 1.51. The Hall–Kier alpha value is -2.76. The number of carbonyl (C=O) groups excluding carboxylic acids is 1. The predicted molar refractivity (Wildman–Crippen MR) is 120 cm³/mol. The number of benzene rings is 1. The number of ether oxygens (including phenoxy) is 2. The van der Waals surface area contributed by atoms with E-state index in [1.165, 1.54) is 35.5 Å². The van der Waals surface area contributed by atoms with Gasteiger partial charge < -0.3 is 14.5 Å². The molecule has 3 N–H and O–H groups in total. The minimum absolute atomic E-state index is 0.0181. The normalized spacial score (nSPS) is 17.1. The number of hydrogen-bond acceptors (Lipinski definition) is 8. The molecule has 2 aromatic heterocycles. The Morgan fingerprint density at radius 1 is 1.38 bits per heavy atom. The first kappa shape index (κ1) is 22.4. The van der Waals surface area contributed by atoms with Crippen molar-refractivity contribution in [1.82, 2.24) is 9.97 Å². The van der Waals surface area contributed by atoms with E-state index < -0.39 is 22.1 Å². The third kappa shape index (κ3) is 4.15. The SMILES string of the molecule is COc1ccc(C(=O)O[C@@H](C)c2nc3sc4c(c3c(=O)[nH]2)CC[C@H](C)C4)cc1S(N)(=O)=O. The molecule has 11 heteroatoms. The van der Waals surface area contributed by atoms with Crippen LogP contribution in [0.3, 0.4) is 0 Å². The monoisotopic (exact) mass is 477 g/mol. The van der Waals surface area contributed by atoms with Gasteiger partial charge in [-0.15, -0.1) is 11.3 Å². The number of aryl methyl sites for hydroxylation is 1. The number of nitrogens with zero attached hydrogens (tertiary/aromatic N) is 1. The van der Waals surface area contributed by atoms with Crippen molar-refractivity contribution in [2.24, 2.45) is 11.1 Å². The fraction of sp³-hybridized carbons (Fsp3) is 0.381. The van der Waals surface area contributed by atoms with Crippen LogP contribution in [-0.2, 0) is 27.6 Å². The van der Waals surface area contributed by atoms with E-state index >= 15 is 0 Å². The smallest absolute Gasteiger partial charge is 0.338 e. The fourth-order valence-electron chi connectivity index (χ4n) is 3.87. The van der Waals surface area contributed by atoms with Crippen molar-refractivity contribution in [2.75, 3.05) is 7.11 Å². The summed E-state index contributed by atoms with van der Waals surface area (Å²) in [7, 11) is -2.81. The number of esters is 1. The van der Waals surface area contributed by atoms with Crippen LogP contribution in [-0.4, -0.2) is 31.5 Å². The maximum Gasteiger partial charge on any atom is 0.338 e. The average molecular weight is 478 g/mol. The molecule has 0 radical (unpaired) electrons. The molecule has 0 unspecified atom stereocenters. The fourth-order valence-corrected chi connectivity index (χ4v) is 5.98. The number of aromatic amines is 1. The second kappa shape index (κ2) is 8.30. The van der Waals surface area contributed by atoms with Crippen molar-refractivity contribution >= 4 is 37.5 Å². The summed E-state index contributed by atoms with van der Waals surface area (Å²) in [5.41, 5.74) is 0.799. The maximum atomic E-state index is 12.8. The Balaban J connectivity index is 1.62. The van der Waals surface area contributed by atoms with Gasteiger partial charge in [-0.3, -0.25) is 4.79 Å². The molecule has 1 aromatic carbocycles. The highest BCUT2D eigenvalue weighted by Gasteiger charge is 2.25. The summed E-state index contributed by atoms with van der Waals surface area (Å²) in [5.74, 6) is 0.0278. The van der Waals surface area contributed by atoms with Crippen LogP contribution >= 0.6 is 11.3 Å². The topological polar surface area (TPSA) is 141 Å². The second-order valence-electron chi connectivity index (χ2n) is 7.94. The molecule has 3 aromatic rings. The van der Waals surface area contributed by atoms with Crippen LogP contribution in [0.25, 0.3) is 10.2 Å². The van der Waals surface area contributed by atoms with Crippen molar-refractivity contribution in [2.45, 2.75) is 44.1 Å². The van der Waals surface area contributed by atoms with E-state index in [-0.39, 0.29) is 27.6 Å². The van der Waals surface area contributed by atoms with Crippen LogP contribution in [0.4, 0.5) is 0 Å². The number of primary sulfonamides is 1. The molecule has 0 spiro atoms. The summed E-state index contributed by atoms with van der Waals surface area (Å²) in [6, 6.07) is 3.79. The van der Waals surface area contributed by atoms with Crippen LogP contribution < -0.4 is 15.4 Å². The molecule has 1 aliphatic rings. The van der Waals surface area contributed by atoms with Crippen molar-refractivity contribution < 1.29 is 22.7 Å². The lowest BCUT2D eigenvalue weighted by Crippen LogP contribution is -2.19. The summed E-state index contributed by atoms with van der Waals surface area (Å²) < 4.78 is 34.0. The number of methoxy groups -OCH3 is 1. The van der Waals surface area contributed by atoms with Gasteiger partial charge in [0, 0.05) is 4.88 Å². The second-order valence-corrected chi connectivity index (χ2v) is 10.6. The predicted octanol–water partition coefficient (Wildman–Crippen LogP) is 2.68. The average Bonchev–Trinajstić information content (AvgIpc) is 3.10. The molecule has 9 nitrogen and oxygen atoms in total. The quantitative estimate of drug-likeness (QED) is 0.538. The minimum Gasteiger partial charge on any atom is -0.495 e. The Bertz CT molecular complexity index is 1380. The first-order valence-corrected chi connectivity index (χ1v) is 12.4. The molecule has 0 fully saturated rings. The molecule has 4 rings (SSSR count). The number of rotatable bonds is 5. The molecule has 2 heterocycles. The number of sulfonamides is 1. The standard InChI is InChI=1S/C21H23N3O6S2/c1-10-4-6-13-15(8-10)31-20-17(13)19(25)23-18(24-20)11(2)30-21(26)12-5-7-14(29-3)16(9-12)32(22,27)28/h5,7,9-11H,4,6,8H2,1-3H3,(H2,22,27,28)(H,23,24,25)/t10-,11-/m0/s1. The van der Waals surface area contributed by atoms with E-state index in [0.717, 1.165) is 30.9 Å². The first-order valence-electron chi connectivity index (χ1n) is 10.0. The molecule has 0 saturated carbocycles. The number of hydrogen-bond donors (Lipinski definition) is 2. The summed E-state index contributed by atoms with van der Waals surface area (Å²) in [4.78, 5) is 34.2. The zero-order valence-electron chi connectivity index (χ0n) is 17.8. The lowest BCUT2D eigenvalue weighted by Gasteiger charge is -2.17. The highest BCUT2D eigenvalue weighted by atomic mass is 32.2. The lowest BCUT2D eigenvalue weighted by atomic mass is 9.89. The van der Waals surface area contributed by atoms with E-state index in [1.807, 2.05) is 0 Å². The van der Waals surface area contributed by atoms with Gasteiger partial charge in [0.05, 0.1) is 18.1 Å². The van der Waals surface area contributed by atoms with Crippen molar-refractivity contribution in [3.63, 3.8) is 0 Å². The number of thiophene rings is 1.